The van der Waals surface area contributed by atoms with E-state index in [-0.39, 0.29) is 5.69 Å². The monoisotopic (exact) mass is 415 g/mol. The van der Waals surface area contributed by atoms with E-state index in [0.717, 1.165) is 22.4 Å². The minimum atomic E-state index is -0.516. The smallest absolute Gasteiger partial charge is 0.256 e. The molecule has 4 heterocycles. The Hall–Kier alpha value is -4.12. The predicted octanol–water partition coefficient (Wildman–Crippen LogP) is 4.00. The highest BCUT2D eigenvalue weighted by Crippen LogP contribution is 2.44. The zero-order valence-electron chi connectivity index (χ0n) is 16.9. The number of rotatable bonds is 2. The third kappa shape index (κ3) is 2.94. The first-order chi connectivity index (χ1) is 15.0. The largest absolute Gasteiger partial charge is 0.474 e. The molecule has 2 aromatic heterocycles. The zero-order chi connectivity index (χ0) is 21.7. The van der Waals surface area contributed by atoms with Crippen LogP contribution in [0.25, 0.3) is 22.8 Å². The number of amides is 1. The summed E-state index contributed by atoms with van der Waals surface area (Å²) in [4.78, 5) is 20.0. The number of carbonyl (C=O) groups excluding carboxylic acids is 1. The maximum Gasteiger partial charge on any atom is 0.256 e. The van der Waals surface area contributed by atoms with E-state index in [1.54, 1.807) is 24.5 Å². The normalized spacial score (nSPS) is 15.5. The summed E-state index contributed by atoms with van der Waals surface area (Å²) in [6.07, 6.45) is 4.86. The number of hydrogen-bond acceptors (Lipinski definition) is 5. The number of nitrogens with one attached hydrogen (secondary N) is 3. The molecule has 0 fully saturated rings. The van der Waals surface area contributed by atoms with Crippen molar-refractivity contribution in [3.05, 3.63) is 58.3 Å². The minimum Gasteiger partial charge on any atom is -0.474 e. The Morgan fingerprint density at radius 2 is 2.06 bits per heavy atom. The lowest BCUT2D eigenvalue weighted by molar-refractivity contribution is -0.110. The molecule has 0 aliphatic carbocycles. The second-order valence-electron chi connectivity index (χ2n) is 7.50. The average molecular weight is 415 g/mol. The molecule has 1 aromatic carbocycles. The molecule has 1 amide bonds. The molecule has 8 heteroatoms. The summed E-state index contributed by atoms with van der Waals surface area (Å²) >= 11 is 0. The molecular formula is C23H18FN5O2. The first kappa shape index (κ1) is 18.9. The zero-order valence-corrected chi connectivity index (χ0v) is 16.9. The van der Waals surface area contributed by atoms with Gasteiger partial charge in [0.1, 0.15) is 24.2 Å². The third-order valence-electron chi connectivity index (χ3n) is 5.66. The molecule has 2 aliphatic heterocycles. The highest BCUT2D eigenvalue weighted by molar-refractivity contribution is 6.35. The van der Waals surface area contributed by atoms with Crippen molar-refractivity contribution < 1.29 is 13.9 Å². The Labute approximate surface area is 177 Å². The Morgan fingerprint density at radius 3 is 2.84 bits per heavy atom. The van der Waals surface area contributed by atoms with Crippen LogP contribution in [0.15, 0.2) is 24.5 Å². The SMILES string of the molecule is Cc1c(-c2cc(F)c3c(c2C)C(=Cc2cc(C#N)c[nH]2)C(=O)N3)cnc2c1NCCO2. The van der Waals surface area contributed by atoms with E-state index < -0.39 is 11.7 Å². The van der Waals surface area contributed by atoms with Crippen molar-refractivity contribution in [2.24, 2.45) is 0 Å². The summed E-state index contributed by atoms with van der Waals surface area (Å²) in [5, 5.41) is 15.0. The standard InChI is InChI=1S/C23H18FN5O2/c1-11-15(17-10-28-23-20(12(17)2)26-3-4-31-23)7-18(24)21-19(11)16(22(30)29-21)6-14-5-13(8-25)9-27-14/h5-7,9-10,26-27H,3-4H2,1-2H3,(H,29,30). The van der Waals surface area contributed by atoms with Crippen LogP contribution in [-0.4, -0.2) is 29.0 Å². The lowest BCUT2D eigenvalue weighted by atomic mass is 9.90. The van der Waals surface area contributed by atoms with E-state index in [0.29, 0.717) is 47.0 Å². The Kier molecular flexibility index (Phi) is 4.26. The van der Waals surface area contributed by atoms with Gasteiger partial charge in [0.2, 0.25) is 5.88 Å². The Balaban J connectivity index is 1.69. The van der Waals surface area contributed by atoms with Crippen molar-refractivity contribution in [2.45, 2.75) is 13.8 Å². The van der Waals surface area contributed by atoms with E-state index in [4.69, 9.17) is 10.00 Å². The fourth-order valence-corrected chi connectivity index (χ4v) is 4.13. The summed E-state index contributed by atoms with van der Waals surface area (Å²) < 4.78 is 20.7. The van der Waals surface area contributed by atoms with Gasteiger partial charge in [-0.25, -0.2) is 9.37 Å². The number of aromatic nitrogens is 2. The van der Waals surface area contributed by atoms with Gasteiger partial charge < -0.3 is 20.4 Å². The highest BCUT2D eigenvalue weighted by atomic mass is 19.1. The van der Waals surface area contributed by atoms with Crippen molar-refractivity contribution in [1.29, 1.82) is 5.26 Å². The van der Waals surface area contributed by atoms with Crippen LogP contribution in [0, 0.1) is 31.0 Å². The summed E-state index contributed by atoms with van der Waals surface area (Å²) in [6.45, 7) is 5.01. The molecule has 0 saturated carbocycles. The molecule has 5 rings (SSSR count). The summed E-state index contributed by atoms with van der Waals surface area (Å²) in [5.41, 5.74) is 5.93. The molecule has 3 N–H and O–H groups in total. The van der Waals surface area contributed by atoms with Crippen LogP contribution in [0.1, 0.15) is 27.9 Å². The van der Waals surface area contributed by atoms with Gasteiger partial charge in [0.05, 0.1) is 16.8 Å². The van der Waals surface area contributed by atoms with Crippen LogP contribution in [0.5, 0.6) is 5.88 Å². The summed E-state index contributed by atoms with van der Waals surface area (Å²) in [7, 11) is 0. The van der Waals surface area contributed by atoms with Gasteiger partial charge >= 0.3 is 0 Å². The molecule has 3 aromatic rings. The molecule has 31 heavy (non-hydrogen) atoms. The minimum absolute atomic E-state index is 0.162. The fourth-order valence-electron chi connectivity index (χ4n) is 4.13. The fraction of sp³-hybridized carbons (Fsp3) is 0.174. The van der Waals surface area contributed by atoms with Crippen LogP contribution in [0.2, 0.25) is 0 Å². The summed E-state index contributed by atoms with van der Waals surface area (Å²) in [6, 6.07) is 5.11. The number of halogens is 1. The number of H-pyrrole nitrogens is 1. The number of pyridine rings is 1. The van der Waals surface area contributed by atoms with Crippen molar-refractivity contribution in [3.63, 3.8) is 0 Å². The van der Waals surface area contributed by atoms with Gasteiger partial charge in [0.15, 0.2) is 0 Å². The molecule has 0 radical (unpaired) electrons. The second kappa shape index (κ2) is 6.99. The quantitative estimate of drug-likeness (QED) is 0.549. The molecule has 0 atom stereocenters. The van der Waals surface area contributed by atoms with Gasteiger partial charge in [-0.3, -0.25) is 4.79 Å². The maximum absolute atomic E-state index is 15.1. The molecule has 0 spiro atoms. The Morgan fingerprint density at radius 1 is 1.23 bits per heavy atom. The number of nitrogens with zero attached hydrogens (tertiary/aromatic N) is 2. The van der Waals surface area contributed by atoms with Gasteiger partial charge in [0.25, 0.3) is 5.91 Å². The van der Waals surface area contributed by atoms with Crippen LogP contribution in [0.3, 0.4) is 0 Å². The molecule has 0 unspecified atom stereocenters. The molecule has 154 valence electrons. The first-order valence-corrected chi connectivity index (χ1v) is 9.79. The number of anilines is 2. The lowest BCUT2D eigenvalue weighted by Crippen LogP contribution is -2.20. The van der Waals surface area contributed by atoms with E-state index in [2.05, 4.69) is 20.6 Å². The van der Waals surface area contributed by atoms with E-state index in [1.165, 1.54) is 6.07 Å². The first-order valence-electron chi connectivity index (χ1n) is 9.79. The van der Waals surface area contributed by atoms with Crippen molar-refractivity contribution in [2.75, 3.05) is 23.8 Å². The third-order valence-corrected chi connectivity index (χ3v) is 5.66. The van der Waals surface area contributed by atoms with Crippen LogP contribution in [0.4, 0.5) is 15.8 Å². The summed E-state index contributed by atoms with van der Waals surface area (Å²) in [5.74, 6) is -0.375. The van der Waals surface area contributed by atoms with E-state index in [9.17, 15) is 4.79 Å². The van der Waals surface area contributed by atoms with Crippen molar-refractivity contribution in [3.8, 4) is 23.1 Å². The molecule has 0 saturated heterocycles. The van der Waals surface area contributed by atoms with Gasteiger partial charge in [-0.1, -0.05) is 0 Å². The van der Waals surface area contributed by atoms with Gasteiger partial charge in [-0.15, -0.1) is 0 Å². The second-order valence-corrected chi connectivity index (χ2v) is 7.50. The number of carbonyl (C=O) groups is 1. The predicted molar refractivity (Wildman–Crippen MR) is 115 cm³/mol. The van der Waals surface area contributed by atoms with Crippen molar-refractivity contribution in [1.82, 2.24) is 9.97 Å². The molecule has 0 bridgehead atoms. The topological polar surface area (TPSA) is 103 Å². The number of nitriles is 1. The lowest BCUT2D eigenvalue weighted by Gasteiger charge is -2.22. The number of ether oxygens (including phenoxy) is 1. The number of hydrogen-bond donors (Lipinski definition) is 3. The van der Waals surface area contributed by atoms with E-state index >= 15 is 4.39 Å². The van der Waals surface area contributed by atoms with Crippen LogP contribution >= 0.6 is 0 Å². The van der Waals surface area contributed by atoms with Crippen LogP contribution < -0.4 is 15.4 Å². The van der Waals surface area contributed by atoms with Gasteiger partial charge in [-0.05, 0) is 48.7 Å². The maximum atomic E-state index is 15.1. The van der Waals surface area contributed by atoms with Gasteiger partial charge in [-0.2, -0.15) is 5.26 Å². The van der Waals surface area contributed by atoms with E-state index in [1.807, 2.05) is 19.9 Å². The van der Waals surface area contributed by atoms with Crippen molar-refractivity contribution >= 4 is 28.9 Å². The average Bonchev–Trinajstić information content (AvgIpc) is 3.36. The molecule has 7 nitrogen and oxygen atoms in total. The number of aromatic amines is 1. The number of benzene rings is 1. The highest BCUT2D eigenvalue weighted by Gasteiger charge is 2.31. The van der Waals surface area contributed by atoms with Crippen LogP contribution in [-0.2, 0) is 4.79 Å². The molecule has 2 aliphatic rings. The van der Waals surface area contributed by atoms with Gasteiger partial charge in [0, 0.05) is 35.8 Å². The Bertz CT molecular complexity index is 1330. The number of fused-ring (bicyclic) bond motifs is 2. The molecular weight excluding hydrogens is 397 g/mol.